The minimum absolute atomic E-state index is 0.217. The van der Waals surface area contributed by atoms with Crippen molar-refractivity contribution in [1.29, 1.82) is 0 Å². The van der Waals surface area contributed by atoms with Crippen LogP contribution in [0.4, 0.5) is 8.78 Å². The molecule has 0 fully saturated rings. The fourth-order valence-corrected chi connectivity index (χ4v) is 3.03. The number of benzene rings is 2. The number of nitrogens with one attached hydrogen (secondary N) is 1. The summed E-state index contributed by atoms with van der Waals surface area (Å²) in [5.41, 5.74) is 0.362. The van der Waals surface area contributed by atoms with Crippen LogP contribution in [0.25, 0.3) is 0 Å². The summed E-state index contributed by atoms with van der Waals surface area (Å²) in [7, 11) is -3.95. The predicted molar refractivity (Wildman–Crippen MR) is 78.0 cm³/mol. The van der Waals surface area contributed by atoms with Gasteiger partial charge in [-0.15, -0.1) is 0 Å². The lowest BCUT2D eigenvalue weighted by Crippen LogP contribution is -2.28. The van der Waals surface area contributed by atoms with Crippen molar-refractivity contribution in [3.8, 4) is 0 Å². The molecule has 4 nitrogen and oxygen atoms in total. The summed E-state index contributed by atoms with van der Waals surface area (Å²) in [6.45, 7) is -0.317. The lowest BCUT2D eigenvalue weighted by atomic mass is 10.1. The number of hydrogen-bond donors (Lipinski definition) is 2. The van der Waals surface area contributed by atoms with Crippen molar-refractivity contribution in [1.82, 2.24) is 4.72 Å². The van der Waals surface area contributed by atoms with E-state index >= 15 is 0 Å². The van der Waals surface area contributed by atoms with E-state index in [1.807, 2.05) is 0 Å². The van der Waals surface area contributed by atoms with Crippen molar-refractivity contribution in [3.05, 3.63) is 64.7 Å². The summed E-state index contributed by atoms with van der Waals surface area (Å²) < 4.78 is 52.0. The van der Waals surface area contributed by atoms with Gasteiger partial charge in [0, 0.05) is 6.54 Å². The molecule has 0 amide bonds. The van der Waals surface area contributed by atoms with E-state index in [9.17, 15) is 22.3 Å². The summed E-state index contributed by atoms with van der Waals surface area (Å²) in [5, 5.41) is 9.57. The first-order valence-electron chi connectivity index (χ1n) is 6.18. The Morgan fingerprint density at radius 3 is 2.36 bits per heavy atom. The van der Waals surface area contributed by atoms with Crippen LogP contribution >= 0.6 is 11.6 Å². The minimum atomic E-state index is -3.95. The molecule has 2 rings (SSSR count). The van der Waals surface area contributed by atoms with Crippen LogP contribution in [0.2, 0.25) is 5.02 Å². The standard InChI is InChI=1S/C14H12ClF2NO3S/c15-12-7-11(5-6-13(12)17)22(20,21)18-8-14(19)9-1-3-10(16)4-2-9/h1-7,14,18-19H,8H2. The molecule has 1 unspecified atom stereocenters. The molecule has 0 aliphatic carbocycles. The van der Waals surface area contributed by atoms with Gasteiger partial charge in [0.15, 0.2) is 0 Å². The van der Waals surface area contributed by atoms with Crippen molar-refractivity contribution in [3.63, 3.8) is 0 Å². The fraction of sp³-hybridized carbons (Fsp3) is 0.143. The van der Waals surface area contributed by atoms with Gasteiger partial charge in [0.05, 0.1) is 16.0 Å². The van der Waals surface area contributed by atoms with Crippen molar-refractivity contribution >= 4 is 21.6 Å². The maximum Gasteiger partial charge on any atom is 0.240 e. The van der Waals surface area contributed by atoms with E-state index in [0.717, 1.165) is 30.3 Å². The SMILES string of the molecule is O=S(=O)(NCC(O)c1ccc(F)cc1)c1ccc(F)c(Cl)c1. The van der Waals surface area contributed by atoms with Crippen molar-refractivity contribution in [2.75, 3.05) is 6.54 Å². The Labute approximate surface area is 131 Å². The van der Waals surface area contributed by atoms with Gasteiger partial charge in [-0.2, -0.15) is 0 Å². The second-order valence-electron chi connectivity index (χ2n) is 4.50. The van der Waals surface area contributed by atoms with E-state index in [-0.39, 0.29) is 16.5 Å². The topological polar surface area (TPSA) is 66.4 Å². The van der Waals surface area contributed by atoms with Crippen molar-refractivity contribution in [2.45, 2.75) is 11.0 Å². The summed E-state index contributed by atoms with van der Waals surface area (Å²) >= 11 is 5.54. The zero-order chi connectivity index (χ0) is 16.3. The van der Waals surface area contributed by atoms with Gasteiger partial charge in [-0.25, -0.2) is 21.9 Å². The van der Waals surface area contributed by atoms with Crippen LogP contribution in [0.1, 0.15) is 11.7 Å². The fourth-order valence-electron chi connectivity index (χ4n) is 1.72. The molecular weight excluding hydrogens is 336 g/mol. The molecule has 0 spiro atoms. The highest BCUT2D eigenvalue weighted by Crippen LogP contribution is 2.20. The Morgan fingerprint density at radius 2 is 1.77 bits per heavy atom. The molecule has 0 saturated heterocycles. The van der Waals surface area contributed by atoms with Crippen molar-refractivity contribution in [2.24, 2.45) is 0 Å². The maximum absolute atomic E-state index is 13.0. The molecule has 8 heteroatoms. The molecule has 2 N–H and O–H groups in total. The number of sulfonamides is 1. The lowest BCUT2D eigenvalue weighted by molar-refractivity contribution is 0.182. The third-order valence-corrected chi connectivity index (χ3v) is 4.63. The molecule has 118 valence electrons. The average molecular weight is 348 g/mol. The van der Waals surface area contributed by atoms with Crippen LogP contribution in [0, 0.1) is 11.6 Å². The van der Waals surface area contributed by atoms with E-state index in [1.54, 1.807) is 0 Å². The number of aliphatic hydroxyl groups excluding tert-OH is 1. The van der Waals surface area contributed by atoms with Crippen LogP contribution in [0.5, 0.6) is 0 Å². The van der Waals surface area contributed by atoms with Gasteiger partial charge in [0.25, 0.3) is 0 Å². The van der Waals surface area contributed by atoms with Crippen LogP contribution in [-0.2, 0) is 10.0 Å². The molecule has 0 saturated carbocycles. The largest absolute Gasteiger partial charge is 0.387 e. The smallest absolute Gasteiger partial charge is 0.240 e. The summed E-state index contributed by atoms with van der Waals surface area (Å²) in [4.78, 5) is -0.217. The molecule has 0 bridgehead atoms. The average Bonchev–Trinajstić information content (AvgIpc) is 2.48. The summed E-state index contributed by atoms with van der Waals surface area (Å²) in [5.74, 6) is -1.19. The second-order valence-corrected chi connectivity index (χ2v) is 6.67. The normalized spacial score (nSPS) is 13.1. The first-order valence-corrected chi connectivity index (χ1v) is 8.04. The highest BCUT2D eigenvalue weighted by molar-refractivity contribution is 7.89. The van der Waals surface area contributed by atoms with Gasteiger partial charge in [0.2, 0.25) is 10.0 Å². The van der Waals surface area contributed by atoms with E-state index in [0.29, 0.717) is 5.56 Å². The maximum atomic E-state index is 13.0. The van der Waals surface area contributed by atoms with Crippen molar-refractivity contribution < 1.29 is 22.3 Å². The molecular formula is C14H12ClF2NO3S. The molecule has 0 radical (unpaired) electrons. The zero-order valence-corrected chi connectivity index (χ0v) is 12.7. The molecule has 2 aromatic rings. The van der Waals surface area contributed by atoms with E-state index in [1.165, 1.54) is 12.1 Å². The summed E-state index contributed by atoms with van der Waals surface area (Å²) in [6.07, 6.45) is -1.15. The number of rotatable bonds is 5. The molecule has 22 heavy (non-hydrogen) atoms. The van der Waals surface area contributed by atoms with Gasteiger partial charge in [-0.05, 0) is 35.9 Å². The van der Waals surface area contributed by atoms with Gasteiger partial charge < -0.3 is 5.11 Å². The lowest BCUT2D eigenvalue weighted by Gasteiger charge is -2.13. The van der Waals surface area contributed by atoms with Crippen LogP contribution in [-0.4, -0.2) is 20.1 Å². The van der Waals surface area contributed by atoms with E-state index in [2.05, 4.69) is 4.72 Å². The Bertz CT molecular complexity index is 766. The quantitative estimate of drug-likeness (QED) is 0.873. The summed E-state index contributed by atoms with van der Waals surface area (Å²) in [6, 6.07) is 8.00. The molecule has 1 atom stereocenters. The minimum Gasteiger partial charge on any atom is -0.387 e. The highest BCUT2D eigenvalue weighted by Gasteiger charge is 2.18. The van der Waals surface area contributed by atoms with Crippen LogP contribution < -0.4 is 4.72 Å². The third kappa shape index (κ3) is 4.01. The van der Waals surface area contributed by atoms with Gasteiger partial charge in [-0.1, -0.05) is 23.7 Å². The Balaban J connectivity index is 2.09. The van der Waals surface area contributed by atoms with Gasteiger partial charge >= 0.3 is 0 Å². The predicted octanol–water partition coefficient (Wildman–Crippen LogP) is 2.63. The van der Waals surface area contributed by atoms with Crippen LogP contribution in [0.15, 0.2) is 47.4 Å². The van der Waals surface area contributed by atoms with Gasteiger partial charge in [0.1, 0.15) is 11.6 Å². The molecule has 0 aromatic heterocycles. The van der Waals surface area contributed by atoms with E-state index in [4.69, 9.17) is 11.6 Å². The molecule has 0 aliphatic rings. The third-order valence-electron chi connectivity index (χ3n) is 2.92. The second kappa shape index (κ2) is 6.70. The van der Waals surface area contributed by atoms with Crippen LogP contribution in [0.3, 0.4) is 0 Å². The first kappa shape index (κ1) is 16.8. The Hall–Kier alpha value is -1.54. The first-order chi connectivity index (χ1) is 10.3. The molecule has 0 aliphatic heterocycles. The zero-order valence-electron chi connectivity index (χ0n) is 11.1. The number of aliphatic hydroxyl groups is 1. The number of hydrogen-bond acceptors (Lipinski definition) is 3. The molecule has 0 heterocycles. The van der Waals surface area contributed by atoms with E-state index < -0.39 is 27.8 Å². The Kier molecular flexibility index (Phi) is 5.12. The molecule has 2 aromatic carbocycles. The highest BCUT2D eigenvalue weighted by atomic mass is 35.5. The van der Waals surface area contributed by atoms with Gasteiger partial charge in [-0.3, -0.25) is 0 Å². The monoisotopic (exact) mass is 347 g/mol. The Morgan fingerprint density at radius 1 is 1.14 bits per heavy atom. The number of halogens is 3.